The third kappa shape index (κ3) is 6.71. The van der Waals surface area contributed by atoms with E-state index in [1.807, 2.05) is 0 Å². The van der Waals surface area contributed by atoms with Crippen LogP contribution in [0.15, 0.2) is 65.8 Å². The number of hydrogen-bond donors (Lipinski definition) is 1. The molecule has 0 fully saturated rings. The summed E-state index contributed by atoms with van der Waals surface area (Å²) in [5, 5.41) is 15.5. The molecule has 0 radical (unpaired) electrons. The molecule has 0 aliphatic heterocycles. The number of benzene rings is 3. The lowest BCUT2D eigenvalue weighted by Crippen LogP contribution is -2.33. The van der Waals surface area contributed by atoms with Gasteiger partial charge < -0.3 is 14.2 Å². The number of nitro groups is 1. The maximum atomic E-state index is 12.4. The van der Waals surface area contributed by atoms with Gasteiger partial charge in [0.25, 0.3) is 5.91 Å². The number of amides is 1. The van der Waals surface area contributed by atoms with Gasteiger partial charge in [-0.25, -0.2) is 10.2 Å². The van der Waals surface area contributed by atoms with Crippen molar-refractivity contribution in [3.8, 4) is 17.2 Å². The van der Waals surface area contributed by atoms with Crippen LogP contribution in [0, 0.1) is 10.1 Å². The number of nitrogens with one attached hydrogen (secondary N) is 1. The largest absolute Gasteiger partial charge is 0.493 e. The van der Waals surface area contributed by atoms with E-state index in [4.69, 9.17) is 37.4 Å². The predicted molar refractivity (Wildman–Crippen MR) is 133 cm³/mol. The van der Waals surface area contributed by atoms with Crippen LogP contribution in [0.4, 0.5) is 5.69 Å². The molecular weight excluding hydrogens is 513 g/mol. The van der Waals surface area contributed by atoms with Gasteiger partial charge in [0.2, 0.25) is 0 Å². The zero-order valence-electron chi connectivity index (χ0n) is 18.9. The highest BCUT2D eigenvalue weighted by atomic mass is 35.5. The fraction of sp³-hybridized carbons (Fsp3) is 0.125. The molecule has 1 N–H and O–H groups in total. The van der Waals surface area contributed by atoms with Gasteiger partial charge in [0.15, 0.2) is 23.4 Å². The first-order valence-electron chi connectivity index (χ1n) is 10.3. The van der Waals surface area contributed by atoms with Crippen LogP contribution in [0.5, 0.6) is 17.2 Å². The van der Waals surface area contributed by atoms with Crippen LogP contribution < -0.4 is 19.6 Å². The van der Waals surface area contributed by atoms with Gasteiger partial charge in [-0.1, -0.05) is 35.3 Å². The second-order valence-corrected chi connectivity index (χ2v) is 7.96. The highest BCUT2D eigenvalue weighted by Gasteiger charge is 2.20. The van der Waals surface area contributed by atoms with Crippen molar-refractivity contribution in [2.45, 2.75) is 13.0 Å². The first kappa shape index (κ1) is 26.5. The fourth-order valence-corrected chi connectivity index (χ4v) is 3.14. The molecule has 12 heteroatoms. The summed E-state index contributed by atoms with van der Waals surface area (Å²) in [4.78, 5) is 35.2. The number of hydrazone groups is 1. The summed E-state index contributed by atoms with van der Waals surface area (Å²) in [6.45, 7) is 1.43. The maximum Gasteiger partial charge on any atom is 0.343 e. The molecule has 1 atom stereocenters. The van der Waals surface area contributed by atoms with E-state index in [-0.39, 0.29) is 33.5 Å². The summed E-state index contributed by atoms with van der Waals surface area (Å²) >= 11 is 11.8. The Kier molecular flexibility index (Phi) is 8.82. The molecule has 0 spiro atoms. The van der Waals surface area contributed by atoms with Crippen molar-refractivity contribution in [3.05, 3.63) is 92.0 Å². The molecule has 0 aliphatic rings. The van der Waals surface area contributed by atoms with Gasteiger partial charge in [0, 0.05) is 6.07 Å². The summed E-state index contributed by atoms with van der Waals surface area (Å²) in [5.74, 6) is -0.922. The van der Waals surface area contributed by atoms with E-state index in [0.29, 0.717) is 10.6 Å². The Balaban J connectivity index is 1.63. The minimum Gasteiger partial charge on any atom is -0.493 e. The molecule has 0 saturated carbocycles. The zero-order valence-corrected chi connectivity index (χ0v) is 20.4. The van der Waals surface area contributed by atoms with Gasteiger partial charge in [-0.3, -0.25) is 14.9 Å². The number of nitro benzene ring substituents is 1. The van der Waals surface area contributed by atoms with Crippen molar-refractivity contribution >= 4 is 47.0 Å². The minimum absolute atomic E-state index is 0.0372. The highest BCUT2D eigenvalue weighted by molar-refractivity contribution is 6.42. The van der Waals surface area contributed by atoms with Crippen LogP contribution in [-0.4, -0.2) is 36.2 Å². The molecule has 0 unspecified atom stereocenters. The van der Waals surface area contributed by atoms with E-state index in [2.05, 4.69) is 10.5 Å². The maximum absolute atomic E-state index is 12.4. The summed E-state index contributed by atoms with van der Waals surface area (Å²) < 4.78 is 16.1. The topological polar surface area (TPSA) is 129 Å². The molecule has 3 aromatic rings. The highest BCUT2D eigenvalue weighted by Crippen LogP contribution is 2.30. The third-order valence-electron chi connectivity index (χ3n) is 4.67. The van der Waals surface area contributed by atoms with Gasteiger partial charge in [0.05, 0.1) is 33.9 Å². The molecule has 0 saturated heterocycles. The first-order valence-corrected chi connectivity index (χ1v) is 11.0. The lowest BCUT2D eigenvalue weighted by atomic mass is 10.2. The van der Waals surface area contributed by atoms with Crippen molar-refractivity contribution in [2.75, 3.05) is 7.11 Å². The SMILES string of the molecule is COc1cc(/C=N\NC(=O)[C@@H](C)Oc2ccccc2[N+](=O)[O-])ccc1OC(=O)c1ccc(Cl)c(Cl)c1. The smallest absolute Gasteiger partial charge is 0.343 e. The van der Waals surface area contributed by atoms with E-state index in [1.165, 1.54) is 62.7 Å². The van der Waals surface area contributed by atoms with E-state index in [9.17, 15) is 19.7 Å². The van der Waals surface area contributed by atoms with Crippen LogP contribution >= 0.6 is 23.2 Å². The Bertz CT molecular complexity index is 1330. The quantitative estimate of drug-likeness (QED) is 0.134. The lowest BCUT2D eigenvalue weighted by Gasteiger charge is -2.13. The molecule has 0 aromatic heterocycles. The number of carbonyl (C=O) groups excluding carboxylic acids is 2. The molecule has 0 bridgehead atoms. The molecule has 3 rings (SSSR count). The number of para-hydroxylation sites is 2. The Morgan fingerprint density at radius 3 is 2.47 bits per heavy atom. The Hall–Kier alpha value is -4.15. The Morgan fingerprint density at radius 2 is 1.78 bits per heavy atom. The van der Waals surface area contributed by atoms with Crippen LogP contribution in [0.25, 0.3) is 0 Å². The Labute approximate surface area is 215 Å². The van der Waals surface area contributed by atoms with Crippen molar-refractivity contribution in [1.29, 1.82) is 0 Å². The lowest BCUT2D eigenvalue weighted by molar-refractivity contribution is -0.386. The fourth-order valence-electron chi connectivity index (χ4n) is 2.84. The third-order valence-corrected chi connectivity index (χ3v) is 5.41. The van der Waals surface area contributed by atoms with Crippen molar-refractivity contribution < 1.29 is 28.7 Å². The van der Waals surface area contributed by atoms with E-state index < -0.39 is 22.9 Å². The van der Waals surface area contributed by atoms with Gasteiger partial charge in [-0.2, -0.15) is 5.10 Å². The summed E-state index contributed by atoms with van der Waals surface area (Å²) in [6.07, 6.45) is 0.281. The van der Waals surface area contributed by atoms with Gasteiger partial charge >= 0.3 is 11.7 Å². The van der Waals surface area contributed by atoms with E-state index in [0.717, 1.165) is 0 Å². The molecular formula is C24H19Cl2N3O7. The van der Waals surface area contributed by atoms with Crippen molar-refractivity contribution in [1.82, 2.24) is 5.43 Å². The molecule has 0 heterocycles. The summed E-state index contributed by atoms with van der Waals surface area (Å²) in [5.41, 5.74) is 2.77. The molecule has 10 nitrogen and oxygen atoms in total. The normalized spacial score (nSPS) is 11.6. The van der Waals surface area contributed by atoms with Gasteiger partial charge in [-0.15, -0.1) is 0 Å². The number of hydrogen-bond acceptors (Lipinski definition) is 8. The number of rotatable bonds is 9. The molecule has 1 amide bonds. The van der Waals surface area contributed by atoms with Crippen LogP contribution in [-0.2, 0) is 4.79 Å². The molecule has 3 aromatic carbocycles. The second-order valence-electron chi connectivity index (χ2n) is 7.15. The second kappa shape index (κ2) is 12.0. The van der Waals surface area contributed by atoms with Crippen LogP contribution in [0.2, 0.25) is 10.0 Å². The standard InChI is InChI=1S/C24H19Cl2N3O7/c1-14(35-20-6-4-3-5-19(20)29(32)33)23(30)28-27-13-15-7-10-21(22(11-15)34-2)36-24(31)16-8-9-17(25)18(26)12-16/h3-14H,1-2H3,(H,28,30)/b27-13-/t14-/m1/s1. The zero-order chi connectivity index (χ0) is 26.2. The minimum atomic E-state index is -1.05. The molecule has 36 heavy (non-hydrogen) atoms. The first-order chi connectivity index (χ1) is 17.2. The molecule has 186 valence electrons. The monoisotopic (exact) mass is 531 g/mol. The van der Waals surface area contributed by atoms with Crippen molar-refractivity contribution in [3.63, 3.8) is 0 Å². The van der Waals surface area contributed by atoms with Gasteiger partial charge in [-0.05, 0) is 55.0 Å². The summed E-state index contributed by atoms with van der Waals surface area (Å²) in [7, 11) is 1.40. The number of carbonyl (C=O) groups is 2. The van der Waals surface area contributed by atoms with E-state index in [1.54, 1.807) is 18.2 Å². The number of methoxy groups -OCH3 is 1. The number of ether oxygens (including phenoxy) is 3. The average molecular weight is 532 g/mol. The predicted octanol–water partition coefficient (Wildman–Crippen LogP) is 5.05. The number of esters is 1. The average Bonchev–Trinajstić information content (AvgIpc) is 2.86. The number of nitrogens with zero attached hydrogens (tertiary/aromatic N) is 2. The number of halogens is 2. The Morgan fingerprint density at radius 1 is 1.03 bits per heavy atom. The summed E-state index contributed by atoms with van der Waals surface area (Å²) in [6, 6.07) is 14.7. The van der Waals surface area contributed by atoms with Gasteiger partial charge in [0.1, 0.15) is 0 Å². The van der Waals surface area contributed by atoms with Crippen LogP contribution in [0.3, 0.4) is 0 Å². The molecule has 0 aliphatic carbocycles. The van der Waals surface area contributed by atoms with E-state index >= 15 is 0 Å². The van der Waals surface area contributed by atoms with Crippen LogP contribution in [0.1, 0.15) is 22.8 Å². The van der Waals surface area contributed by atoms with Crippen molar-refractivity contribution in [2.24, 2.45) is 5.10 Å².